The highest BCUT2D eigenvalue weighted by molar-refractivity contribution is 14.1. The van der Waals surface area contributed by atoms with E-state index in [1.165, 1.54) is 14.0 Å². The Morgan fingerprint density at radius 3 is 2.50 bits per heavy atom. The summed E-state index contributed by atoms with van der Waals surface area (Å²) in [6.07, 6.45) is 0. The van der Waals surface area contributed by atoms with E-state index in [-0.39, 0.29) is 6.04 Å². The van der Waals surface area contributed by atoms with Crippen molar-refractivity contribution in [1.29, 1.82) is 0 Å². The molecule has 18 heavy (non-hydrogen) atoms. The van der Waals surface area contributed by atoms with E-state index >= 15 is 0 Å². The van der Waals surface area contributed by atoms with Crippen molar-refractivity contribution >= 4 is 81.7 Å². The number of benzene rings is 1. The summed E-state index contributed by atoms with van der Waals surface area (Å²) in [6.45, 7) is 0. The number of thiophene rings is 1. The number of hydrogen-bond acceptors (Lipinski definition) is 2. The van der Waals surface area contributed by atoms with Gasteiger partial charge < -0.3 is 5.32 Å². The van der Waals surface area contributed by atoms with Crippen molar-refractivity contribution in [3.8, 4) is 0 Å². The Labute approximate surface area is 149 Å². The molecule has 1 nitrogen and oxygen atoms in total. The number of hydrogen-bond donors (Lipinski definition) is 1. The van der Waals surface area contributed by atoms with Gasteiger partial charge >= 0.3 is 0 Å². The van der Waals surface area contributed by atoms with Gasteiger partial charge in [0.1, 0.15) is 0 Å². The number of rotatable bonds is 3. The molecule has 0 aliphatic carbocycles. The molecule has 0 bridgehead atoms. The molecule has 0 saturated carbocycles. The summed E-state index contributed by atoms with van der Waals surface area (Å²) in [4.78, 5) is 1.28. The average Bonchev–Trinajstić information content (AvgIpc) is 2.65. The minimum absolute atomic E-state index is 0.210. The van der Waals surface area contributed by atoms with Crippen molar-refractivity contribution in [1.82, 2.24) is 5.32 Å². The second-order valence-corrected chi connectivity index (χ2v) is 8.99. The van der Waals surface area contributed by atoms with Crippen molar-refractivity contribution in [2.45, 2.75) is 6.04 Å². The van der Waals surface area contributed by atoms with Gasteiger partial charge in [0, 0.05) is 17.4 Å². The first kappa shape index (κ1) is 15.4. The summed E-state index contributed by atoms with van der Waals surface area (Å²) in [5, 5.41) is 3.39. The summed E-state index contributed by atoms with van der Waals surface area (Å²) in [7, 11) is 1.99. The van der Waals surface area contributed by atoms with Gasteiger partial charge in [-0.05, 0) is 91.3 Å². The van der Waals surface area contributed by atoms with E-state index in [4.69, 9.17) is 0 Å². The molecule has 0 fully saturated rings. The first-order valence-corrected chi connectivity index (χ1v) is 9.37. The van der Waals surface area contributed by atoms with Crippen molar-refractivity contribution in [3.63, 3.8) is 0 Å². The molecule has 2 rings (SSSR count). The van der Waals surface area contributed by atoms with Gasteiger partial charge in [0.2, 0.25) is 0 Å². The predicted octanol–water partition coefficient (Wildman–Crippen LogP) is 5.95. The lowest BCUT2D eigenvalue weighted by atomic mass is 10.1. The maximum absolute atomic E-state index is 3.55. The molecule has 1 N–H and O–H groups in total. The molecule has 1 atom stereocenters. The highest BCUT2D eigenvalue weighted by Gasteiger charge is 2.18. The number of nitrogens with one attached hydrogen (secondary N) is 1. The van der Waals surface area contributed by atoms with E-state index in [2.05, 4.69) is 100.0 Å². The number of halogens is 4. The minimum Gasteiger partial charge on any atom is -0.309 e. The summed E-state index contributed by atoms with van der Waals surface area (Å²) in [5.74, 6) is 0. The van der Waals surface area contributed by atoms with Crippen molar-refractivity contribution in [2.75, 3.05) is 7.05 Å². The van der Waals surface area contributed by atoms with Gasteiger partial charge in [-0.2, -0.15) is 0 Å². The third-order valence-corrected chi connectivity index (χ3v) is 7.30. The predicted molar refractivity (Wildman–Crippen MR) is 97.5 cm³/mol. The summed E-state index contributed by atoms with van der Waals surface area (Å²) >= 11 is 14.8. The lowest BCUT2D eigenvalue weighted by molar-refractivity contribution is 0.700. The van der Waals surface area contributed by atoms with Crippen LogP contribution in [0, 0.1) is 3.57 Å². The Bertz CT molecular complexity index is 551. The molecule has 96 valence electrons. The topological polar surface area (TPSA) is 12.0 Å². The molecule has 1 unspecified atom stereocenters. The Morgan fingerprint density at radius 1 is 1.22 bits per heavy atom. The Hall–Kier alpha value is 1.05. The quantitative estimate of drug-likeness (QED) is 0.454. The lowest BCUT2D eigenvalue weighted by Crippen LogP contribution is -2.17. The maximum Gasteiger partial charge on any atom is 0.0843 e. The molecule has 0 saturated heterocycles. The molecule has 1 heterocycles. The molecule has 0 spiro atoms. The largest absolute Gasteiger partial charge is 0.309 e. The normalized spacial score (nSPS) is 12.7. The van der Waals surface area contributed by atoms with Crippen LogP contribution in [-0.4, -0.2) is 7.05 Å². The van der Waals surface area contributed by atoms with Gasteiger partial charge in [0.15, 0.2) is 0 Å². The van der Waals surface area contributed by atoms with Crippen LogP contribution in [0.3, 0.4) is 0 Å². The van der Waals surface area contributed by atoms with Crippen LogP contribution >= 0.6 is 81.7 Å². The van der Waals surface area contributed by atoms with Gasteiger partial charge in [-0.3, -0.25) is 0 Å². The zero-order valence-electron chi connectivity index (χ0n) is 9.31. The van der Waals surface area contributed by atoms with Crippen molar-refractivity contribution in [3.05, 3.63) is 51.0 Å². The smallest absolute Gasteiger partial charge is 0.0843 e. The lowest BCUT2D eigenvalue weighted by Gasteiger charge is -2.17. The van der Waals surface area contributed by atoms with Crippen LogP contribution in [0.15, 0.2) is 37.0 Å². The van der Waals surface area contributed by atoms with E-state index in [0.29, 0.717) is 0 Å². The van der Waals surface area contributed by atoms with Gasteiger partial charge in [-0.15, -0.1) is 11.3 Å². The van der Waals surface area contributed by atoms with Crippen LogP contribution in [0.2, 0.25) is 0 Å². The van der Waals surface area contributed by atoms with Crippen LogP contribution in [0.4, 0.5) is 0 Å². The molecule has 0 radical (unpaired) electrons. The molecule has 0 aliphatic heterocycles. The fraction of sp³-hybridized carbons (Fsp3) is 0.167. The monoisotopic (exact) mass is 563 g/mol. The standard InChI is InChI=1S/C12H9Br3INS/c1-17-11(10-5-8(14)12(15)18-10)7-4-6(13)2-3-9(7)16/h2-5,11,17H,1H3. The van der Waals surface area contributed by atoms with Gasteiger partial charge in [0.05, 0.1) is 9.83 Å². The van der Waals surface area contributed by atoms with Crippen LogP contribution in [0.25, 0.3) is 0 Å². The summed E-state index contributed by atoms with van der Waals surface area (Å²) < 4.78 is 4.60. The SMILES string of the molecule is CNC(c1cc(Br)c(Br)s1)c1cc(Br)ccc1I. The Balaban J connectivity index is 2.48. The molecule has 0 aliphatic rings. The van der Waals surface area contributed by atoms with E-state index in [1.807, 2.05) is 7.05 Å². The molecule has 6 heteroatoms. The summed E-state index contributed by atoms with van der Waals surface area (Å²) in [6, 6.07) is 8.74. The van der Waals surface area contributed by atoms with Crippen molar-refractivity contribution < 1.29 is 0 Å². The highest BCUT2D eigenvalue weighted by Crippen LogP contribution is 2.38. The van der Waals surface area contributed by atoms with Crippen LogP contribution in [-0.2, 0) is 0 Å². The summed E-state index contributed by atoms with van der Waals surface area (Å²) in [5.41, 5.74) is 1.29. The second-order valence-electron chi connectivity index (χ2n) is 3.66. The zero-order chi connectivity index (χ0) is 13.3. The first-order chi connectivity index (χ1) is 8.52. The van der Waals surface area contributed by atoms with Gasteiger partial charge in [-0.25, -0.2) is 0 Å². The zero-order valence-corrected chi connectivity index (χ0v) is 17.0. The third-order valence-electron chi connectivity index (χ3n) is 2.51. The van der Waals surface area contributed by atoms with E-state index in [0.717, 1.165) is 12.7 Å². The maximum atomic E-state index is 3.55. The average molecular weight is 566 g/mol. The van der Waals surface area contributed by atoms with E-state index < -0.39 is 0 Å². The van der Waals surface area contributed by atoms with Crippen LogP contribution in [0.5, 0.6) is 0 Å². The Kier molecular flexibility index (Phi) is 5.72. The second kappa shape index (κ2) is 6.67. The van der Waals surface area contributed by atoms with Crippen molar-refractivity contribution in [2.24, 2.45) is 0 Å². The third kappa shape index (κ3) is 3.38. The fourth-order valence-electron chi connectivity index (χ4n) is 1.69. The molecule has 1 aromatic heterocycles. The fourth-order valence-corrected chi connectivity index (χ4v) is 4.94. The first-order valence-electron chi connectivity index (χ1n) is 5.10. The van der Waals surface area contributed by atoms with Gasteiger partial charge in [-0.1, -0.05) is 15.9 Å². The van der Waals surface area contributed by atoms with Crippen LogP contribution in [0.1, 0.15) is 16.5 Å². The molecule has 2 aromatic rings. The molecular weight excluding hydrogens is 557 g/mol. The van der Waals surface area contributed by atoms with Crippen LogP contribution < -0.4 is 5.32 Å². The molecule has 0 amide bonds. The Morgan fingerprint density at radius 2 is 1.94 bits per heavy atom. The van der Waals surface area contributed by atoms with E-state index in [9.17, 15) is 0 Å². The minimum atomic E-state index is 0.210. The van der Waals surface area contributed by atoms with E-state index in [1.54, 1.807) is 11.3 Å². The molecular formula is C12H9Br3INS. The van der Waals surface area contributed by atoms with Gasteiger partial charge in [0.25, 0.3) is 0 Å². The molecule has 1 aromatic carbocycles. The highest BCUT2D eigenvalue weighted by atomic mass is 127.